The number of ether oxygens (including phenoxy) is 2. The first-order valence-electron chi connectivity index (χ1n) is 19.9. The topological polar surface area (TPSA) is 174 Å². The van der Waals surface area contributed by atoms with Crippen LogP contribution >= 0.6 is 0 Å². The molecule has 2 N–H and O–H groups in total. The highest BCUT2D eigenvalue weighted by atomic mass is 32.2. The fourth-order valence-corrected chi connectivity index (χ4v) is 9.79. The molecule has 0 spiro atoms. The molecular weight excluding hydrogens is 711 g/mol. The minimum absolute atomic E-state index is 0.0658. The van der Waals surface area contributed by atoms with Gasteiger partial charge in [-0.3, -0.25) is 23.9 Å². The van der Waals surface area contributed by atoms with Gasteiger partial charge in [-0.05, 0) is 89.2 Å². The predicted molar refractivity (Wildman–Crippen MR) is 198 cm³/mol. The third kappa shape index (κ3) is 7.59. The van der Waals surface area contributed by atoms with Crippen molar-refractivity contribution < 1.29 is 37.1 Å². The first kappa shape index (κ1) is 36.9. The summed E-state index contributed by atoms with van der Waals surface area (Å²) in [5.74, 6) is -2.46. The number of sulfonamides is 1. The number of nitrogens with one attached hydrogen (secondary N) is 2. The van der Waals surface area contributed by atoms with Gasteiger partial charge in [0.15, 0.2) is 0 Å². The molecule has 8 rings (SSSR count). The number of carbonyl (C=O) groups is 4. The molecule has 54 heavy (non-hydrogen) atoms. The number of aromatic nitrogens is 2. The zero-order valence-electron chi connectivity index (χ0n) is 31.0. The Hall–Kier alpha value is -4.07. The quantitative estimate of drug-likeness (QED) is 0.337. The highest BCUT2D eigenvalue weighted by molar-refractivity contribution is 7.91. The van der Waals surface area contributed by atoms with Crippen LogP contribution in [0.25, 0.3) is 11.0 Å². The van der Waals surface area contributed by atoms with E-state index in [0.29, 0.717) is 43.0 Å². The molecule has 3 aliphatic carbocycles. The number of allylic oxidation sites excluding steroid dienone is 1. The van der Waals surface area contributed by atoms with Crippen LogP contribution in [0.5, 0.6) is 5.88 Å². The Kier molecular flexibility index (Phi) is 9.93. The number of para-hydroxylation sites is 2. The number of carbonyl (C=O) groups excluding carboxylic acids is 4. The van der Waals surface area contributed by atoms with E-state index in [1.54, 1.807) is 6.92 Å². The molecule has 3 saturated carbocycles. The van der Waals surface area contributed by atoms with Crippen molar-refractivity contribution >= 4 is 44.7 Å². The van der Waals surface area contributed by atoms with Crippen molar-refractivity contribution in [2.24, 2.45) is 17.8 Å². The number of hydrogen-bond acceptors (Lipinski definition) is 10. The molecular formula is C40H51N5O8S. The summed E-state index contributed by atoms with van der Waals surface area (Å²) < 4.78 is 40.1. The van der Waals surface area contributed by atoms with E-state index in [1.807, 2.05) is 36.4 Å². The van der Waals surface area contributed by atoms with Crippen molar-refractivity contribution in [1.29, 1.82) is 0 Å². The number of esters is 1. The second-order valence-electron chi connectivity index (χ2n) is 16.7. The molecule has 14 heteroatoms. The van der Waals surface area contributed by atoms with Crippen LogP contribution in [0.15, 0.2) is 36.4 Å². The molecule has 0 radical (unpaired) electrons. The molecule has 0 unspecified atom stereocenters. The Morgan fingerprint density at radius 1 is 0.963 bits per heavy atom. The van der Waals surface area contributed by atoms with Crippen LogP contribution in [-0.2, 0) is 40.4 Å². The van der Waals surface area contributed by atoms with Crippen molar-refractivity contribution in [2.45, 2.75) is 138 Å². The van der Waals surface area contributed by atoms with Crippen molar-refractivity contribution in [3.63, 3.8) is 0 Å². The second-order valence-corrected chi connectivity index (χ2v) is 18.9. The molecule has 1 saturated heterocycles. The minimum atomic E-state index is -3.97. The van der Waals surface area contributed by atoms with E-state index in [9.17, 15) is 27.6 Å². The summed E-state index contributed by atoms with van der Waals surface area (Å²) in [5, 5.41) is 2.94. The molecule has 1 aromatic heterocycles. The maximum absolute atomic E-state index is 14.6. The Balaban J connectivity index is 1.12. The van der Waals surface area contributed by atoms with Gasteiger partial charge in [-0.15, -0.1) is 0 Å². The van der Waals surface area contributed by atoms with E-state index < -0.39 is 62.1 Å². The summed E-state index contributed by atoms with van der Waals surface area (Å²) >= 11 is 0. The predicted octanol–water partition coefficient (Wildman–Crippen LogP) is 4.43. The lowest BCUT2D eigenvalue weighted by atomic mass is 9.95. The van der Waals surface area contributed by atoms with Crippen LogP contribution in [0, 0.1) is 17.8 Å². The number of amides is 3. The molecule has 290 valence electrons. The van der Waals surface area contributed by atoms with Crippen LogP contribution in [0.1, 0.15) is 109 Å². The fourth-order valence-electron chi connectivity index (χ4n) is 8.48. The lowest BCUT2D eigenvalue weighted by Gasteiger charge is -2.29. The zero-order valence-corrected chi connectivity index (χ0v) is 31.8. The van der Waals surface area contributed by atoms with Gasteiger partial charge in [-0.1, -0.05) is 50.0 Å². The van der Waals surface area contributed by atoms with E-state index in [4.69, 9.17) is 19.4 Å². The van der Waals surface area contributed by atoms with Crippen LogP contribution in [0.2, 0.25) is 0 Å². The van der Waals surface area contributed by atoms with Crippen molar-refractivity contribution in [1.82, 2.24) is 24.9 Å². The minimum Gasteiger partial charge on any atom is -0.471 e. The van der Waals surface area contributed by atoms with Crippen LogP contribution < -0.4 is 14.8 Å². The van der Waals surface area contributed by atoms with Gasteiger partial charge < -0.3 is 19.7 Å². The molecule has 6 aliphatic rings. The van der Waals surface area contributed by atoms with E-state index >= 15 is 0 Å². The largest absolute Gasteiger partial charge is 0.471 e. The van der Waals surface area contributed by atoms with Gasteiger partial charge in [0.2, 0.25) is 27.7 Å². The Morgan fingerprint density at radius 3 is 2.52 bits per heavy atom. The van der Waals surface area contributed by atoms with E-state index in [0.717, 1.165) is 69.0 Å². The lowest BCUT2D eigenvalue weighted by molar-refractivity contribution is -0.151. The number of nitrogens with zero attached hydrogens (tertiary/aromatic N) is 3. The molecule has 1 aromatic carbocycles. The van der Waals surface area contributed by atoms with Crippen LogP contribution in [0.3, 0.4) is 0 Å². The van der Waals surface area contributed by atoms with Gasteiger partial charge >= 0.3 is 5.97 Å². The first-order chi connectivity index (χ1) is 25.9. The third-order valence-corrected chi connectivity index (χ3v) is 14.7. The maximum Gasteiger partial charge on any atom is 0.306 e. The fraction of sp³-hybridized carbons (Fsp3) is 0.650. The Labute approximate surface area is 316 Å². The Bertz CT molecular complexity index is 1970. The van der Waals surface area contributed by atoms with E-state index in [1.165, 1.54) is 4.90 Å². The van der Waals surface area contributed by atoms with Gasteiger partial charge in [-0.2, -0.15) is 0 Å². The van der Waals surface area contributed by atoms with E-state index in [2.05, 4.69) is 10.0 Å². The zero-order chi connectivity index (χ0) is 37.7. The first-order valence-corrected chi connectivity index (χ1v) is 21.4. The third-order valence-electron chi connectivity index (χ3n) is 12.5. The van der Waals surface area contributed by atoms with Crippen molar-refractivity contribution in [3.8, 4) is 5.88 Å². The number of hydrogen-bond donors (Lipinski definition) is 2. The summed E-state index contributed by atoms with van der Waals surface area (Å²) in [6, 6.07) is 6.56. The number of benzene rings is 1. The molecule has 4 heterocycles. The van der Waals surface area contributed by atoms with Crippen molar-refractivity contribution in [3.05, 3.63) is 42.1 Å². The summed E-state index contributed by atoms with van der Waals surface area (Å²) in [7, 11) is -3.97. The summed E-state index contributed by atoms with van der Waals surface area (Å²) in [4.78, 5) is 67.6. The van der Waals surface area contributed by atoms with Crippen molar-refractivity contribution in [2.75, 3.05) is 6.54 Å². The standard InChI is InChI=1S/C40H51N5O8S/c1-39(18-19-39)54(50,51)44-38(49)40-23-27(40)14-8-4-2-3-6-13-26-21-34(46)53-33-20-25(33)12-7-5-9-17-31-36(42-30-16-11-10-15-29(30)41-31)52-28-22-32(35(47)43-40)45(24-28)37(26)48/h8,10-11,14-16,25-28,32-33H,2-7,9,12-13,17-24H2,1H3,(H,43,47)(H,44,49)/b14-8-/t25-,26-,27+,28-,32+,33-,40-/m1/s1. The second kappa shape index (κ2) is 14.5. The monoisotopic (exact) mass is 761 g/mol. The van der Waals surface area contributed by atoms with Gasteiger partial charge in [0.1, 0.15) is 29.5 Å². The van der Waals surface area contributed by atoms with Gasteiger partial charge in [0.05, 0.1) is 28.7 Å². The highest BCUT2D eigenvalue weighted by Crippen LogP contribution is 2.48. The normalized spacial score (nSPS) is 33.5. The van der Waals surface area contributed by atoms with Crippen LogP contribution in [-0.4, -0.2) is 82.1 Å². The Morgan fingerprint density at radius 2 is 1.72 bits per heavy atom. The number of fused-ring (bicyclic) bond motifs is 6. The SMILES string of the molecule is CC1(S(=O)(=O)NC(=O)[C@@]23C[C@@H]2/C=C\CCCCC[C@@H]2CC(=O)O[C@@H]4C[C@H]4CCCCCc4nc5ccccc5nc4O[C@@H]4C[C@@H](C(=O)N3)N(C4)C2=O)CC1. The molecule has 3 bridgehead atoms. The average Bonchev–Trinajstić information content (AvgIpc) is 4.10. The average molecular weight is 762 g/mol. The van der Waals surface area contributed by atoms with Crippen LogP contribution in [0.4, 0.5) is 0 Å². The van der Waals surface area contributed by atoms with Gasteiger partial charge in [-0.25, -0.2) is 18.4 Å². The van der Waals surface area contributed by atoms with E-state index in [-0.39, 0.29) is 37.8 Å². The molecule has 4 fully saturated rings. The summed E-state index contributed by atoms with van der Waals surface area (Å²) in [5.41, 5.74) is 0.678. The highest BCUT2D eigenvalue weighted by Gasteiger charge is 2.63. The lowest BCUT2D eigenvalue weighted by Crippen LogP contribution is -2.57. The molecule has 7 atom stereocenters. The number of rotatable bonds is 3. The summed E-state index contributed by atoms with van der Waals surface area (Å²) in [6.07, 6.45) is 13.2. The molecule has 13 nitrogen and oxygen atoms in total. The molecule has 2 aromatic rings. The smallest absolute Gasteiger partial charge is 0.306 e. The summed E-state index contributed by atoms with van der Waals surface area (Å²) in [6.45, 7) is 1.67. The maximum atomic E-state index is 14.6. The van der Waals surface area contributed by atoms with Gasteiger partial charge in [0.25, 0.3) is 5.91 Å². The number of aryl methyl sites for hydroxylation is 1. The van der Waals surface area contributed by atoms with Gasteiger partial charge in [0, 0.05) is 18.3 Å². The molecule has 3 amide bonds. The molecule has 3 aliphatic heterocycles.